The Morgan fingerprint density at radius 1 is 1.06 bits per heavy atom. The van der Waals surface area contributed by atoms with Gasteiger partial charge in [-0.25, -0.2) is 0 Å². The number of hydrogen-bond donors (Lipinski definition) is 3. The van der Waals surface area contributed by atoms with Crippen LogP contribution < -0.4 is 21.0 Å². The number of para-hydroxylation sites is 1. The van der Waals surface area contributed by atoms with Gasteiger partial charge in [0.15, 0.2) is 5.11 Å². The predicted molar refractivity (Wildman–Crippen MR) is 150 cm³/mol. The van der Waals surface area contributed by atoms with Gasteiger partial charge >= 0.3 is 4.87 Å². The maximum absolute atomic E-state index is 13.2. The third kappa shape index (κ3) is 4.47. The molecule has 3 aliphatic rings. The molecule has 2 fully saturated rings. The third-order valence-electron chi connectivity index (χ3n) is 7.57. The van der Waals surface area contributed by atoms with Gasteiger partial charge in [0, 0.05) is 26.8 Å². The SMILES string of the molecule is O=C(Cn1c2c(sc1=O)[C@H](c1ccc(Cl)cc1)[C@H]1[C@H]3CC[C@@H](C3)[C@H]1S2)NNC(=S)Nc1ccccc1. The van der Waals surface area contributed by atoms with Gasteiger partial charge in [0.2, 0.25) is 0 Å². The lowest BCUT2D eigenvalue weighted by molar-refractivity contribution is -0.122. The Morgan fingerprint density at radius 3 is 2.58 bits per heavy atom. The Balaban J connectivity index is 1.23. The second-order valence-corrected chi connectivity index (χ2v) is 12.6. The quantitative estimate of drug-likeness (QED) is 0.302. The molecular formula is C26H25ClN4O2S3. The molecule has 1 aromatic heterocycles. The number of benzene rings is 2. The molecule has 3 N–H and O–H groups in total. The van der Waals surface area contributed by atoms with Crippen LogP contribution in [0.15, 0.2) is 64.4 Å². The first-order valence-corrected chi connectivity index (χ1v) is 14.5. The zero-order chi connectivity index (χ0) is 24.8. The van der Waals surface area contributed by atoms with Gasteiger partial charge in [-0.3, -0.25) is 25.0 Å². The topological polar surface area (TPSA) is 75.2 Å². The summed E-state index contributed by atoms with van der Waals surface area (Å²) in [6.07, 6.45) is 3.79. The van der Waals surface area contributed by atoms with E-state index in [1.807, 2.05) is 54.2 Å². The van der Waals surface area contributed by atoms with Crippen LogP contribution in [0, 0.1) is 17.8 Å². The number of thioether (sulfide) groups is 1. The molecule has 2 bridgehead atoms. The Labute approximate surface area is 227 Å². The molecule has 1 amide bonds. The van der Waals surface area contributed by atoms with Crippen molar-refractivity contribution in [1.29, 1.82) is 0 Å². The maximum atomic E-state index is 13.2. The van der Waals surface area contributed by atoms with E-state index in [1.54, 1.807) is 4.57 Å². The van der Waals surface area contributed by atoms with Gasteiger partial charge < -0.3 is 5.32 Å². The molecule has 186 valence electrons. The number of nitrogens with one attached hydrogen (secondary N) is 3. The van der Waals surface area contributed by atoms with E-state index in [-0.39, 0.29) is 28.4 Å². The van der Waals surface area contributed by atoms with Crippen molar-refractivity contribution >= 4 is 63.6 Å². The largest absolute Gasteiger partial charge is 0.331 e. The number of nitrogens with zero attached hydrogens (tertiary/aromatic N) is 1. The lowest BCUT2D eigenvalue weighted by Gasteiger charge is -2.40. The van der Waals surface area contributed by atoms with Gasteiger partial charge in [-0.2, -0.15) is 0 Å². The number of thiazole rings is 1. The molecule has 10 heteroatoms. The zero-order valence-electron chi connectivity index (χ0n) is 19.3. The summed E-state index contributed by atoms with van der Waals surface area (Å²) in [5.74, 6) is 1.73. The number of aromatic nitrogens is 1. The number of rotatable bonds is 4. The van der Waals surface area contributed by atoms with Crippen molar-refractivity contribution in [2.75, 3.05) is 5.32 Å². The van der Waals surface area contributed by atoms with E-state index in [1.165, 1.54) is 36.2 Å². The van der Waals surface area contributed by atoms with Crippen LogP contribution >= 0.6 is 46.9 Å². The normalized spacial score (nSPS) is 25.6. The van der Waals surface area contributed by atoms with Crippen LogP contribution in [0.2, 0.25) is 5.02 Å². The van der Waals surface area contributed by atoms with Crippen molar-refractivity contribution in [2.24, 2.45) is 17.8 Å². The summed E-state index contributed by atoms with van der Waals surface area (Å²) in [7, 11) is 0. The first kappa shape index (κ1) is 24.0. The van der Waals surface area contributed by atoms with E-state index in [0.29, 0.717) is 28.0 Å². The average molecular weight is 557 g/mol. The summed E-state index contributed by atoms with van der Waals surface area (Å²) >= 11 is 14.6. The fourth-order valence-electron chi connectivity index (χ4n) is 6.12. The van der Waals surface area contributed by atoms with Gasteiger partial charge in [0.1, 0.15) is 6.54 Å². The monoisotopic (exact) mass is 556 g/mol. The van der Waals surface area contributed by atoms with Gasteiger partial charge in [-0.05, 0) is 79.1 Å². The number of hydrazine groups is 1. The summed E-state index contributed by atoms with van der Waals surface area (Å²) in [6.45, 7) is -0.0581. The molecule has 0 saturated heterocycles. The van der Waals surface area contributed by atoms with E-state index < -0.39 is 0 Å². The highest BCUT2D eigenvalue weighted by molar-refractivity contribution is 8.00. The molecule has 2 aliphatic carbocycles. The van der Waals surface area contributed by atoms with Crippen LogP contribution in [-0.2, 0) is 11.3 Å². The van der Waals surface area contributed by atoms with Gasteiger partial charge in [0.05, 0.1) is 5.03 Å². The minimum atomic E-state index is -0.325. The fraction of sp³-hybridized carbons (Fsp3) is 0.346. The summed E-state index contributed by atoms with van der Waals surface area (Å²) in [5, 5.41) is 5.41. The van der Waals surface area contributed by atoms with E-state index in [9.17, 15) is 9.59 Å². The van der Waals surface area contributed by atoms with E-state index in [0.717, 1.165) is 15.6 Å². The molecule has 2 aromatic carbocycles. The number of fused-ring (bicyclic) bond motifs is 6. The van der Waals surface area contributed by atoms with Crippen LogP contribution in [0.4, 0.5) is 5.69 Å². The number of amides is 1. The number of hydrogen-bond acceptors (Lipinski definition) is 5. The summed E-state index contributed by atoms with van der Waals surface area (Å²) in [6, 6.07) is 17.5. The van der Waals surface area contributed by atoms with Crippen LogP contribution in [0.5, 0.6) is 0 Å². The Bertz CT molecular complexity index is 1360. The molecule has 0 unspecified atom stereocenters. The second-order valence-electron chi connectivity index (χ2n) is 9.64. The van der Waals surface area contributed by atoms with Gasteiger partial charge in [-0.1, -0.05) is 53.3 Å². The lowest BCUT2D eigenvalue weighted by atomic mass is 9.75. The molecule has 36 heavy (non-hydrogen) atoms. The van der Waals surface area contributed by atoms with Gasteiger partial charge in [-0.15, -0.1) is 11.8 Å². The molecule has 2 heterocycles. The van der Waals surface area contributed by atoms with E-state index in [4.69, 9.17) is 23.8 Å². The molecule has 6 nitrogen and oxygen atoms in total. The van der Waals surface area contributed by atoms with Crippen molar-refractivity contribution in [3.63, 3.8) is 0 Å². The molecule has 0 spiro atoms. The van der Waals surface area contributed by atoms with Gasteiger partial charge in [0.25, 0.3) is 5.91 Å². The number of thiocarbonyl (C=S) groups is 1. The van der Waals surface area contributed by atoms with E-state index in [2.05, 4.69) is 28.3 Å². The minimum Gasteiger partial charge on any atom is -0.331 e. The highest BCUT2D eigenvalue weighted by atomic mass is 35.5. The molecule has 3 aromatic rings. The first-order valence-electron chi connectivity index (χ1n) is 12.0. The number of carbonyl (C=O) groups excluding carboxylic acids is 1. The Hall–Kier alpha value is -2.33. The molecule has 5 atom stereocenters. The van der Waals surface area contributed by atoms with Crippen molar-refractivity contribution < 1.29 is 4.79 Å². The minimum absolute atomic E-state index is 0.0581. The molecular weight excluding hydrogens is 532 g/mol. The smallest absolute Gasteiger partial charge is 0.308 e. The van der Waals surface area contributed by atoms with Crippen molar-refractivity contribution in [3.05, 3.63) is 79.7 Å². The van der Waals surface area contributed by atoms with Crippen LogP contribution in [0.1, 0.15) is 35.6 Å². The molecule has 6 rings (SSSR count). The fourth-order valence-corrected chi connectivity index (χ4v) is 9.57. The summed E-state index contributed by atoms with van der Waals surface area (Å²) in [4.78, 5) is 27.0. The van der Waals surface area contributed by atoms with Crippen molar-refractivity contribution in [2.45, 2.75) is 42.0 Å². The predicted octanol–water partition coefficient (Wildman–Crippen LogP) is 5.23. The molecule has 1 aliphatic heterocycles. The first-order chi connectivity index (χ1) is 17.5. The van der Waals surface area contributed by atoms with E-state index >= 15 is 0 Å². The molecule has 2 saturated carbocycles. The number of anilines is 1. The highest BCUT2D eigenvalue weighted by Gasteiger charge is 2.55. The van der Waals surface area contributed by atoms with Crippen molar-refractivity contribution in [3.8, 4) is 0 Å². The lowest BCUT2D eigenvalue weighted by Crippen LogP contribution is -2.45. The van der Waals surface area contributed by atoms with Crippen LogP contribution in [0.3, 0.4) is 0 Å². The summed E-state index contributed by atoms with van der Waals surface area (Å²) in [5.41, 5.74) is 7.38. The standard InChI is InChI=1S/C26H25ClN4O2S3/c27-17-10-8-14(9-11-17)20-21-15-6-7-16(12-15)22(21)35-24-23(20)36-26(33)31(24)13-19(32)29-30-25(34)28-18-4-2-1-3-5-18/h1-5,8-11,15-16,20-22H,6-7,12-13H2,(H,29,32)(H2,28,30,34)/t15-,16-,20+,21+,22+/m0/s1. The Kier molecular flexibility index (Phi) is 6.58. The third-order valence-corrected chi connectivity index (χ3v) is 10.9. The summed E-state index contributed by atoms with van der Waals surface area (Å²) < 4.78 is 1.64. The maximum Gasteiger partial charge on any atom is 0.308 e. The van der Waals surface area contributed by atoms with Crippen molar-refractivity contribution in [1.82, 2.24) is 15.4 Å². The molecule has 0 radical (unpaired) electrons. The second kappa shape index (κ2) is 9.85. The zero-order valence-corrected chi connectivity index (χ0v) is 22.5. The Morgan fingerprint density at radius 2 is 1.81 bits per heavy atom. The number of halogens is 1. The van der Waals surface area contributed by atoms with Crippen LogP contribution in [-0.4, -0.2) is 20.8 Å². The number of carbonyl (C=O) groups is 1. The average Bonchev–Trinajstić information content (AvgIpc) is 3.57. The van der Waals surface area contributed by atoms with Crippen LogP contribution in [0.25, 0.3) is 0 Å². The highest BCUT2D eigenvalue weighted by Crippen LogP contribution is 2.64.